The molecule has 8 nitrogen and oxygen atoms in total. The number of amidine groups is 1. The van der Waals surface area contributed by atoms with E-state index in [2.05, 4.69) is 10.4 Å². The molecule has 0 fully saturated rings. The molecule has 4 rings (SSSR count). The fraction of sp³-hybridized carbons (Fsp3) is 0.304. The topological polar surface area (TPSA) is 91.3 Å². The van der Waals surface area contributed by atoms with Crippen molar-refractivity contribution in [2.24, 2.45) is 5.10 Å². The summed E-state index contributed by atoms with van der Waals surface area (Å²) in [5, 5.41) is 8.27. The molecular weight excluding hydrogens is 428 g/mol. The Labute approximate surface area is 190 Å². The number of fused-ring (bicyclic) bond motifs is 2. The second-order valence-electron chi connectivity index (χ2n) is 7.71. The lowest BCUT2D eigenvalue weighted by molar-refractivity contribution is -0.139. The van der Waals surface area contributed by atoms with Gasteiger partial charge in [0, 0.05) is 19.4 Å². The van der Waals surface area contributed by atoms with Crippen molar-refractivity contribution in [3.8, 4) is 5.75 Å². The third kappa shape index (κ3) is 3.52. The summed E-state index contributed by atoms with van der Waals surface area (Å²) in [6.07, 6.45) is 0. The van der Waals surface area contributed by atoms with E-state index in [1.165, 1.54) is 18.9 Å². The van der Waals surface area contributed by atoms with Crippen LogP contribution in [0.4, 0.5) is 5.69 Å². The lowest BCUT2D eigenvalue weighted by Gasteiger charge is -2.29. The van der Waals surface area contributed by atoms with Crippen LogP contribution in [0.15, 0.2) is 47.6 Å². The highest BCUT2D eigenvalue weighted by atomic mass is 32.2. The molecule has 3 amide bonds. The molecule has 0 radical (unpaired) electrons. The molecule has 0 aliphatic carbocycles. The Morgan fingerprint density at radius 2 is 1.81 bits per heavy atom. The number of hydrogen-bond acceptors (Lipinski definition) is 6. The first-order chi connectivity index (χ1) is 15.3. The Bertz CT molecular complexity index is 1150. The van der Waals surface area contributed by atoms with Gasteiger partial charge >= 0.3 is 0 Å². The summed E-state index contributed by atoms with van der Waals surface area (Å²) in [6, 6.07) is 13.3. The van der Waals surface area contributed by atoms with E-state index in [1.54, 1.807) is 4.90 Å². The van der Waals surface area contributed by atoms with Gasteiger partial charge in [-0.25, -0.2) is 0 Å². The molecule has 1 N–H and O–H groups in total. The van der Waals surface area contributed by atoms with E-state index in [0.717, 1.165) is 34.3 Å². The third-order valence-electron chi connectivity index (χ3n) is 5.39. The number of aryl methyl sites for hydroxylation is 2. The lowest BCUT2D eigenvalue weighted by atomic mass is 10.0. The Balaban J connectivity index is 1.68. The zero-order valence-corrected chi connectivity index (χ0v) is 19.2. The average molecular weight is 453 g/mol. The van der Waals surface area contributed by atoms with Gasteiger partial charge in [-0.2, -0.15) is 5.01 Å². The van der Waals surface area contributed by atoms with Gasteiger partial charge in [-0.1, -0.05) is 36.4 Å². The van der Waals surface area contributed by atoms with Gasteiger partial charge in [0.05, 0.1) is 12.2 Å². The van der Waals surface area contributed by atoms with Crippen LogP contribution in [0.1, 0.15) is 30.5 Å². The molecule has 0 bridgehead atoms. The first-order valence-corrected chi connectivity index (χ1v) is 11.0. The number of nitrogens with zero attached hydrogens (tertiary/aromatic N) is 3. The predicted molar refractivity (Wildman–Crippen MR) is 123 cm³/mol. The molecule has 0 saturated carbocycles. The van der Waals surface area contributed by atoms with E-state index in [9.17, 15) is 14.4 Å². The second-order valence-corrected chi connectivity index (χ2v) is 8.89. The highest BCUT2D eigenvalue weighted by molar-refractivity contribution is 8.15. The minimum Gasteiger partial charge on any atom is -0.491 e. The first kappa shape index (κ1) is 21.9. The zero-order valence-electron chi connectivity index (χ0n) is 18.3. The molecule has 2 aliphatic heterocycles. The summed E-state index contributed by atoms with van der Waals surface area (Å²) in [5.74, 6) is -0.248. The summed E-state index contributed by atoms with van der Waals surface area (Å²) < 4.78 is 5.93. The smallest absolute Gasteiger partial charge is 0.270 e. The van der Waals surface area contributed by atoms with Gasteiger partial charge in [0.25, 0.3) is 5.91 Å². The number of para-hydroxylation sites is 2. The average Bonchev–Trinajstić information content (AvgIpc) is 3.22. The highest BCUT2D eigenvalue weighted by Gasteiger charge is 2.61. The van der Waals surface area contributed by atoms with Crippen molar-refractivity contribution >= 4 is 40.3 Å². The highest BCUT2D eigenvalue weighted by Crippen LogP contribution is 2.55. The van der Waals surface area contributed by atoms with Crippen LogP contribution in [0.3, 0.4) is 0 Å². The number of nitrogens with one attached hydrogen (secondary N) is 1. The molecule has 0 saturated heterocycles. The molecule has 0 aromatic heterocycles. The normalized spacial score (nSPS) is 19.2. The van der Waals surface area contributed by atoms with Crippen molar-refractivity contribution in [1.29, 1.82) is 0 Å². The SMILES string of the molecule is CC(=O)NC1=NN(C(C)=O)[C@]2(S1)C(=O)N(CCOc1ccccc1C)c1c(C)cccc12. The minimum atomic E-state index is -1.40. The van der Waals surface area contributed by atoms with Crippen molar-refractivity contribution in [2.45, 2.75) is 32.6 Å². The summed E-state index contributed by atoms with van der Waals surface area (Å²) in [4.78, 5) is 38.2. The molecule has 2 aliphatic rings. The second kappa shape index (κ2) is 8.31. The maximum atomic E-state index is 13.9. The number of hydrogen-bond donors (Lipinski definition) is 1. The van der Waals surface area contributed by atoms with Gasteiger partial charge in [-0.05, 0) is 42.8 Å². The quantitative estimate of drug-likeness (QED) is 0.770. The minimum absolute atomic E-state index is 0.214. The van der Waals surface area contributed by atoms with Gasteiger partial charge < -0.3 is 15.0 Å². The number of ether oxygens (including phenoxy) is 1. The van der Waals surface area contributed by atoms with E-state index >= 15 is 0 Å². The molecule has 2 aromatic rings. The monoisotopic (exact) mass is 452 g/mol. The maximum absolute atomic E-state index is 13.9. The fourth-order valence-electron chi connectivity index (χ4n) is 4.03. The van der Waals surface area contributed by atoms with Crippen LogP contribution in [0, 0.1) is 13.8 Å². The Kier molecular flexibility index (Phi) is 5.68. The summed E-state index contributed by atoms with van der Waals surface area (Å²) >= 11 is 1.07. The number of thioether (sulfide) groups is 1. The van der Waals surface area contributed by atoms with Gasteiger partial charge in [0.2, 0.25) is 16.7 Å². The van der Waals surface area contributed by atoms with Crippen molar-refractivity contribution in [2.75, 3.05) is 18.1 Å². The molecule has 2 aromatic carbocycles. The van der Waals surface area contributed by atoms with Crippen LogP contribution in [-0.4, -0.2) is 41.0 Å². The summed E-state index contributed by atoms with van der Waals surface area (Å²) in [5.41, 5.74) is 3.32. The van der Waals surface area contributed by atoms with Gasteiger partial charge in [-0.15, -0.1) is 5.10 Å². The molecule has 166 valence electrons. The summed E-state index contributed by atoms with van der Waals surface area (Å²) in [6.45, 7) is 7.18. The lowest BCUT2D eigenvalue weighted by Crippen LogP contribution is -2.49. The van der Waals surface area contributed by atoms with Crippen LogP contribution >= 0.6 is 11.8 Å². The maximum Gasteiger partial charge on any atom is 0.270 e. The Morgan fingerprint density at radius 1 is 1.09 bits per heavy atom. The van der Waals surface area contributed by atoms with Crippen molar-refractivity contribution in [1.82, 2.24) is 10.3 Å². The number of carbonyl (C=O) groups is 3. The van der Waals surface area contributed by atoms with E-state index < -0.39 is 10.8 Å². The predicted octanol–water partition coefficient (Wildman–Crippen LogP) is 2.88. The number of amides is 3. The Hall–Kier alpha value is -3.33. The van der Waals surface area contributed by atoms with Crippen LogP contribution < -0.4 is 15.0 Å². The molecule has 1 atom stereocenters. The number of rotatable bonds is 4. The molecule has 2 heterocycles. The number of hydrazone groups is 1. The van der Waals surface area contributed by atoms with Crippen LogP contribution in [0.25, 0.3) is 0 Å². The van der Waals surface area contributed by atoms with E-state index in [0.29, 0.717) is 12.1 Å². The Morgan fingerprint density at radius 3 is 2.50 bits per heavy atom. The van der Waals surface area contributed by atoms with Gasteiger partial charge in [0.15, 0.2) is 5.17 Å². The summed E-state index contributed by atoms with van der Waals surface area (Å²) in [7, 11) is 0. The van der Waals surface area contributed by atoms with E-state index in [-0.39, 0.29) is 23.6 Å². The first-order valence-electron chi connectivity index (χ1n) is 10.2. The fourth-order valence-corrected chi connectivity index (χ4v) is 5.36. The van der Waals surface area contributed by atoms with Gasteiger partial charge in [-0.3, -0.25) is 14.4 Å². The molecule has 32 heavy (non-hydrogen) atoms. The third-order valence-corrected chi connectivity index (χ3v) is 6.63. The number of anilines is 1. The zero-order chi connectivity index (χ0) is 23.0. The molecule has 0 unspecified atom stereocenters. The van der Waals surface area contributed by atoms with Gasteiger partial charge in [0.1, 0.15) is 12.4 Å². The van der Waals surface area contributed by atoms with E-state index in [4.69, 9.17) is 4.74 Å². The number of benzene rings is 2. The van der Waals surface area contributed by atoms with Crippen molar-refractivity contribution in [3.63, 3.8) is 0 Å². The molecular formula is C23H24N4O4S. The van der Waals surface area contributed by atoms with Crippen molar-refractivity contribution in [3.05, 3.63) is 59.2 Å². The van der Waals surface area contributed by atoms with Crippen LogP contribution in [0.2, 0.25) is 0 Å². The number of carbonyl (C=O) groups excluding carboxylic acids is 3. The molecule has 1 spiro atoms. The van der Waals surface area contributed by atoms with Crippen molar-refractivity contribution < 1.29 is 19.1 Å². The largest absolute Gasteiger partial charge is 0.491 e. The molecule has 9 heteroatoms. The van der Waals surface area contributed by atoms with E-state index in [1.807, 2.05) is 56.3 Å². The standard InChI is InChI=1S/C23H24N4O4S/c1-14-8-5-6-11-19(14)31-13-12-26-20-15(2)9-7-10-18(20)23(21(26)30)27(17(4)29)25-22(32-23)24-16(3)28/h5-11H,12-13H2,1-4H3,(H,24,25,28)/t23-/m1/s1. The van der Waals surface area contributed by atoms with Crippen LogP contribution in [-0.2, 0) is 19.3 Å². The van der Waals surface area contributed by atoms with Crippen LogP contribution in [0.5, 0.6) is 5.75 Å².